The van der Waals surface area contributed by atoms with Crippen molar-refractivity contribution in [2.75, 3.05) is 7.11 Å². The highest BCUT2D eigenvalue weighted by Crippen LogP contribution is 2.36. The Hall–Kier alpha value is -1.19. The van der Waals surface area contributed by atoms with E-state index in [4.69, 9.17) is 21.1 Å². The van der Waals surface area contributed by atoms with Gasteiger partial charge in [0.2, 0.25) is 0 Å². The van der Waals surface area contributed by atoms with Crippen LogP contribution in [-0.4, -0.2) is 19.3 Å². The maximum Gasteiger partial charge on any atom is 0.166 e. The van der Waals surface area contributed by atoms with E-state index in [0.29, 0.717) is 16.8 Å². The Bertz CT molecular complexity index is 458. The SMILES string of the molecule is C=CC(C)Oc1c(CNC2CC2)cc(Cl)cc1OC. The fraction of sp³-hybridized carbons (Fsp3) is 0.467. The van der Waals surface area contributed by atoms with Crippen molar-refractivity contribution in [3.8, 4) is 11.5 Å². The predicted molar refractivity (Wildman–Crippen MR) is 78.2 cm³/mol. The summed E-state index contributed by atoms with van der Waals surface area (Å²) in [5.41, 5.74) is 1.02. The summed E-state index contributed by atoms with van der Waals surface area (Å²) in [4.78, 5) is 0. The van der Waals surface area contributed by atoms with Gasteiger partial charge in [0, 0.05) is 29.2 Å². The zero-order chi connectivity index (χ0) is 13.8. The molecule has 1 fully saturated rings. The van der Waals surface area contributed by atoms with Crippen LogP contribution in [0.2, 0.25) is 5.02 Å². The van der Waals surface area contributed by atoms with Gasteiger partial charge in [-0.2, -0.15) is 0 Å². The minimum Gasteiger partial charge on any atom is -0.493 e. The molecule has 1 aliphatic carbocycles. The summed E-state index contributed by atoms with van der Waals surface area (Å²) in [6.07, 6.45) is 4.18. The zero-order valence-electron chi connectivity index (χ0n) is 11.4. The lowest BCUT2D eigenvalue weighted by molar-refractivity contribution is 0.251. The molecule has 0 heterocycles. The number of hydrogen-bond acceptors (Lipinski definition) is 3. The normalized spacial score (nSPS) is 15.9. The van der Waals surface area contributed by atoms with Crippen molar-refractivity contribution < 1.29 is 9.47 Å². The highest BCUT2D eigenvalue weighted by atomic mass is 35.5. The summed E-state index contributed by atoms with van der Waals surface area (Å²) in [5.74, 6) is 1.40. The molecule has 1 unspecified atom stereocenters. The summed E-state index contributed by atoms with van der Waals surface area (Å²) < 4.78 is 11.2. The molecule has 1 aliphatic rings. The first-order valence-electron chi connectivity index (χ1n) is 6.53. The second-order valence-corrected chi connectivity index (χ2v) is 5.25. The van der Waals surface area contributed by atoms with Crippen LogP contribution in [-0.2, 0) is 6.54 Å². The molecule has 2 rings (SSSR count). The molecule has 1 saturated carbocycles. The van der Waals surface area contributed by atoms with Crippen LogP contribution in [0, 0.1) is 0 Å². The van der Waals surface area contributed by atoms with Crippen LogP contribution in [0.3, 0.4) is 0 Å². The summed E-state index contributed by atoms with van der Waals surface area (Å²) in [6, 6.07) is 4.33. The van der Waals surface area contributed by atoms with Gasteiger partial charge in [0.1, 0.15) is 6.10 Å². The quantitative estimate of drug-likeness (QED) is 0.775. The number of hydrogen-bond donors (Lipinski definition) is 1. The van der Waals surface area contributed by atoms with Crippen LogP contribution in [0.5, 0.6) is 11.5 Å². The van der Waals surface area contributed by atoms with Gasteiger partial charge < -0.3 is 14.8 Å². The van der Waals surface area contributed by atoms with E-state index >= 15 is 0 Å². The molecular formula is C15H20ClNO2. The van der Waals surface area contributed by atoms with Gasteiger partial charge in [0.05, 0.1) is 7.11 Å². The van der Waals surface area contributed by atoms with E-state index in [1.54, 1.807) is 19.3 Å². The highest BCUT2D eigenvalue weighted by Gasteiger charge is 2.22. The molecule has 0 saturated heterocycles. The highest BCUT2D eigenvalue weighted by molar-refractivity contribution is 6.30. The van der Waals surface area contributed by atoms with Gasteiger partial charge >= 0.3 is 0 Å². The Balaban J connectivity index is 2.24. The molecule has 104 valence electrons. The van der Waals surface area contributed by atoms with Crippen LogP contribution < -0.4 is 14.8 Å². The van der Waals surface area contributed by atoms with E-state index in [2.05, 4.69) is 11.9 Å². The van der Waals surface area contributed by atoms with E-state index in [-0.39, 0.29) is 6.10 Å². The minimum atomic E-state index is -0.0743. The second kappa shape index (κ2) is 6.31. The third kappa shape index (κ3) is 3.88. The number of halogens is 1. The van der Waals surface area contributed by atoms with Crippen molar-refractivity contribution in [2.24, 2.45) is 0 Å². The summed E-state index contributed by atoms with van der Waals surface area (Å²) >= 11 is 6.12. The molecule has 0 bridgehead atoms. The molecule has 0 amide bonds. The molecule has 1 aromatic rings. The van der Waals surface area contributed by atoms with Crippen LogP contribution in [0.15, 0.2) is 24.8 Å². The first kappa shape index (κ1) is 14.2. The average Bonchev–Trinajstić information content (AvgIpc) is 3.22. The number of ether oxygens (including phenoxy) is 2. The van der Waals surface area contributed by atoms with Crippen LogP contribution in [0.25, 0.3) is 0 Å². The van der Waals surface area contributed by atoms with Crippen molar-refractivity contribution in [1.29, 1.82) is 0 Å². The summed E-state index contributed by atoms with van der Waals surface area (Å²) in [5, 5.41) is 4.12. The first-order chi connectivity index (χ1) is 9.13. The lowest BCUT2D eigenvalue weighted by Crippen LogP contribution is -2.17. The smallest absolute Gasteiger partial charge is 0.166 e. The fourth-order valence-electron chi connectivity index (χ4n) is 1.82. The summed E-state index contributed by atoms with van der Waals surface area (Å²) in [7, 11) is 1.62. The van der Waals surface area contributed by atoms with Crippen LogP contribution in [0.1, 0.15) is 25.3 Å². The van der Waals surface area contributed by atoms with Gasteiger partial charge in [0.15, 0.2) is 11.5 Å². The summed E-state index contributed by atoms with van der Waals surface area (Å²) in [6.45, 7) is 6.42. The van der Waals surface area contributed by atoms with Crippen molar-refractivity contribution >= 4 is 11.6 Å². The minimum absolute atomic E-state index is 0.0743. The standard InChI is InChI=1S/C15H20ClNO2/c1-4-10(2)19-15-11(9-17-13-5-6-13)7-12(16)8-14(15)18-3/h4,7-8,10,13,17H,1,5-6,9H2,2-3H3. The second-order valence-electron chi connectivity index (χ2n) is 4.81. The third-order valence-electron chi connectivity index (χ3n) is 3.11. The number of methoxy groups -OCH3 is 1. The molecule has 0 aliphatic heterocycles. The molecule has 0 spiro atoms. The third-order valence-corrected chi connectivity index (χ3v) is 3.33. The number of rotatable bonds is 7. The molecule has 0 aromatic heterocycles. The zero-order valence-corrected chi connectivity index (χ0v) is 12.2. The predicted octanol–water partition coefficient (Wildman–Crippen LogP) is 3.55. The fourth-order valence-corrected chi connectivity index (χ4v) is 2.05. The van der Waals surface area contributed by atoms with Crippen molar-refractivity contribution in [3.05, 3.63) is 35.4 Å². The van der Waals surface area contributed by atoms with Crippen LogP contribution >= 0.6 is 11.6 Å². The Morgan fingerprint density at radius 2 is 2.26 bits per heavy atom. The monoisotopic (exact) mass is 281 g/mol. The maximum atomic E-state index is 6.12. The van der Waals surface area contributed by atoms with E-state index in [1.807, 2.05) is 13.0 Å². The van der Waals surface area contributed by atoms with E-state index in [1.165, 1.54) is 12.8 Å². The number of benzene rings is 1. The first-order valence-corrected chi connectivity index (χ1v) is 6.91. The Morgan fingerprint density at radius 1 is 1.53 bits per heavy atom. The molecule has 1 aromatic carbocycles. The van der Waals surface area contributed by atoms with Gasteiger partial charge in [0.25, 0.3) is 0 Å². The van der Waals surface area contributed by atoms with E-state index in [9.17, 15) is 0 Å². The molecule has 0 radical (unpaired) electrons. The van der Waals surface area contributed by atoms with Gasteiger partial charge in [-0.05, 0) is 25.8 Å². The van der Waals surface area contributed by atoms with Gasteiger partial charge in [-0.15, -0.1) is 0 Å². The molecule has 3 nitrogen and oxygen atoms in total. The number of nitrogens with one attached hydrogen (secondary N) is 1. The van der Waals surface area contributed by atoms with Gasteiger partial charge in [-0.3, -0.25) is 0 Å². The molecular weight excluding hydrogens is 262 g/mol. The molecule has 19 heavy (non-hydrogen) atoms. The molecule has 4 heteroatoms. The lowest BCUT2D eigenvalue weighted by Gasteiger charge is -2.18. The average molecular weight is 282 g/mol. The van der Waals surface area contributed by atoms with Crippen molar-refractivity contribution in [3.63, 3.8) is 0 Å². The van der Waals surface area contributed by atoms with Gasteiger partial charge in [-0.1, -0.05) is 24.3 Å². The van der Waals surface area contributed by atoms with Crippen LogP contribution in [0.4, 0.5) is 0 Å². The Labute approximate surface area is 119 Å². The van der Waals surface area contributed by atoms with Crippen molar-refractivity contribution in [1.82, 2.24) is 5.32 Å². The maximum absolute atomic E-state index is 6.12. The Morgan fingerprint density at radius 3 is 2.84 bits per heavy atom. The Kier molecular flexibility index (Phi) is 4.72. The molecule has 1 N–H and O–H groups in total. The largest absolute Gasteiger partial charge is 0.493 e. The molecule has 1 atom stereocenters. The van der Waals surface area contributed by atoms with Gasteiger partial charge in [-0.25, -0.2) is 0 Å². The lowest BCUT2D eigenvalue weighted by atomic mass is 10.1. The van der Waals surface area contributed by atoms with Crippen molar-refractivity contribution in [2.45, 2.75) is 38.5 Å². The topological polar surface area (TPSA) is 30.5 Å². The van der Waals surface area contributed by atoms with E-state index < -0.39 is 0 Å². The van der Waals surface area contributed by atoms with E-state index in [0.717, 1.165) is 17.9 Å².